The maximum absolute atomic E-state index is 12.0. The molecule has 1 unspecified atom stereocenters. The molecule has 1 aliphatic heterocycles. The molecule has 116 valence electrons. The number of aliphatic hydroxyl groups is 1. The summed E-state index contributed by atoms with van der Waals surface area (Å²) >= 11 is 0. The second-order valence-corrected chi connectivity index (χ2v) is 5.98. The van der Waals surface area contributed by atoms with Gasteiger partial charge in [-0.05, 0) is 35.4 Å². The van der Waals surface area contributed by atoms with Crippen LogP contribution in [0.1, 0.15) is 6.42 Å². The van der Waals surface area contributed by atoms with Gasteiger partial charge in [-0.25, -0.2) is 0 Å². The van der Waals surface area contributed by atoms with Gasteiger partial charge in [0.05, 0.1) is 6.26 Å². The molecule has 2 heterocycles. The molecule has 0 saturated carbocycles. The van der Waals surface area contributed by atoms with E-state index in [1.807, 2.05) is 42.5 Å². The highest BCUT2D eigenvalue weighted by Gasteiger charge is 2.29. The molecular formula is C19H17NO3. The Morgan fingerprint density at radius 3 is 2.61 bits per heavy atom. The molecule has 4 heteroatoms. The van der Waals surface area contributed by atoms with Crippen molar-refractivity contribution in [1.29, 1.82) is 0 Å². The van der Waals surface area contributed by atoms with Crippen LogP contribution < -0.4 is 4.90 Å². The van der Waals surface area contributed by atoms with E-state index in [9.17, 15) is 9.90 Å². The van der Waals surface area contributed by atoms with Crippen molar-refractivity contribution in [2.24, 2.45) is 5.92 Å². The second kappa shape index (κ2) is 5.56. The lowest BCUT2D eigenvalue weighted by Crippen LogP contribution is -2.24. The van der Waals surface area contributed by atoms with Gasteiger partial charge in [-0.1, -0.05) is 24.3 Å². The predicted octanol–water partition coefficient (Wildman–Crippen LogP) is 3.45. The molecule has 0 bridgehead atoms. The zero-order valence-corrected chi connectivity index (χ0v) is 12.6. The van der Waals surface area contributed by atoms with Gasteiger partial charge >= 0.3 is 0 Å². The van der Waals surface area contributed by atoms with E-state index in [0.29, 0.717) is 13.0 Å². The first-order valence-electron chi connectivity index (χ1n) is 7.73. The average Bonchev–Trinajstić information content (AvgIpc) is 3.20. The number of anilines is 1. The second-order valence-electron chi connectivity index (χ2n) is 5.98. The van der Waals surface area contributed by atoms with E-state index in [0.717, 1.165) is 27.8 Å². The van der Waals surface area contributed by atoms with Crippen molar-refractivity contribution in [1.82, 2.24) is 0 Å². The maximum Gasteiger partial charge on any atom is 0.227 e. The van der Waals surface area contributed by atoms with E-state index in [-0.39, 0.29) is 18.4 Å². The first-order valence-corrected chi connectivity index (χ1v) is 7.73. The Labute approximate surface area is 133 Å². The lowest BCUT2D eigenvalue weighted by atomic mass is 10.0. The summed E-state index contributed by atoms with van der Waals surface area (Å²) in [7, 11) is 0. The molecule has 23 heavy (non-hydrogen) atoms. The summed E-state index contributed by atoms with van der Waals surface area (Å²) in [6.45, 7) is 0.649. The van der Waals surface area contributed by atoms with Crippen LogP contribution >= 0.6 is 0 Å². The van der Waals surface area contributed by atoms with Crippen LogP contribution in [0.5, 0.6) is 0 Å². The normalized spacial score (nSPS) is 18.0. The summed E-state index contributed by atoms with van der Waals surface area (Å²) in [5.74, 6) is 0.123. The fourth-order valence-corrected chi connectivity index (χ4v) is 3.12. The van der Waals surface area contributed by atoms with E-state index in [1.54, 1.807) is 11.2 Å². The monoisotopic (exact) mass is 307 g/mol. The Kier molecular flexibility index (Phi) is 3.39. The van der Waals surface area contributed by atoms with Crippen LogP contribution in [0.25, 0.3) is 22.1 Å². The van der Waals surface area contributed by atoms with E-state index in [1.165, 1.54) is 0 Å². The third-order valence-corrected chi connectivity index (χ3v) is 4.43. The molecule has 1 atom stereocenters. The predicted molar refractivity (Wildman–Crippen MR) is 89.2 cm³/mol. The molecule has 1 aromatic heterocycles. The SMILES string of the molecule is O=C1CC(CO)CN1c1ccc(-c2ccc3ccoc3c2)cc1. The van der Waals surface area contributed by atoms with Gasteiger partial charge in [-0.2, -0.15) is 0 Å². The highest BCUT2D eigenvalue weighted by Crippen LogP contribution is 2.29. The van der Waals surface area contributed by atoms with E-state index >= 15 is 0 Å². The Bertz CT molecular complexity index is 850. The van der Waals surface area contributed by atoms with Gasteiger partial charge in [-0.3, -0.25) is 4.79 Å². The highest BCUT2D eigenvalue weighted by atomic mass is 16.3. The molecule has 1 fully saturated rings. The molecule has 4 nitrogen and oxygen atoms in total. The third kappa shape index (κ3) is 2.51. The number of amides is 1. The molecular weight excluding hydrogens is 290 g/mol. The van der Waals surface area contributed by atoms with E-state index in [4.69, 9.17) is 4.42 Å². The first-order chi connectivity index (χ1) is 11.2. The molecule has 2 aromatic carbocycles. The van der Waals surface area contributed by atoms with Crippen LogP contribution in [0.4, 0.5) is 5.69 Å². The van der Waals surface area contributed by atoms with Crippen LogP contribution in [-0.2, 0) is 4.79 Å². The van der Waals surface area contributed by atoms with Crippen molar-refractivity contribution in [2.45, 2.75) is 6.42 Å². The molecule has 1 N–H and O–H groups in total. The number of nitrogens with zero attached hydrogens (tertiary/aromatic N) is 1. The maximum atomic E-state index is 12.0. The Balaban J connectivity index is 1.61. The van der Waals surface area contributed by atoms with Gasteiger partial charge in [0.15, 0.2) is 0 Å². The number of hydrogen-bond donors (Lipinski definition) is 1. The summed E-state index contributed by atoms with van der Waals surface area (Å²) < 4.78 is 5.45. The van der Waals surface area contributed by atoms with Crippen molar-refractivity contribution < 1.29 is 14.3 Å². The largest absolute Gasteiger partial charge is 0.464 e. The van der Waals surface area contributed by atoms with Gasteiger partial charge in [-0.15, -0.1) is 0 Å². The van der Waals surface area contributed by atoms with Crippen molar-refractivity contribution in [3.8, 4) is 11.1 Å². The van der Waals surface area contributed by atoms with Crippen LogP contribution in [0, 0.1) is 5.92 Å². The lowest BCUT2D eigenvalue weighted by Gasteiger charge is -2.17. The molecule has 1 amide bonds. The topological polar surface area (TPSA) is 53.7 Å². The molecule has 0 radical (unpaired) electrons. The van der Waals surface area contributed by atoms with Crippen LogP contribution in [0.2, 0.25) is 0 Å². The number of carbonyl (C=O) groups excluding carboxylic acids is 1. The minimum Gasteiger partial charge on any atom is -0.464 e. The number of benzene rings is 2. The average molecular weight is 307 g/mol. The van der Waals surface area contributed by atoms with Crippen LogP contribution in [-0.4, -0.2) is 24.2 Å². The number of hydrogen-bond acceptors (Lipinski definition) is 3. The van der Waals surface area contributed by atoms with Gasteiger partial charge in [0, 0.05) is 36.6 Å². The zero-order valence-electron chi connectivity index (χ0n) is 12.6. The number of aliphatic hydroxyl groups excluding tert-OH is 1. The van der Waals surface area contributed by atoms with Gasteiger partial charge in [0.1, 0.15) is 5.58 Å². The van der Waals surface area contributed by atoms with Gasteiger partial charge < -0.3 is 14.4 Å². The molecule has 3 aromatic rings. The third-order valence-electron chi connectivity index (χ3n) is 4.43. The van der Waals surface area contributed by atoms with Crippen molar-refractivity contribution in [2.75, 3.05) is 18.1 Å². The fourth-order valence-electron chi connectivity index (χ4n) is 3.12. The van der Waals surface area contributed by atoms with Crippen molar-refractivity contribution in [3.63, 3.8) is 0 Å². The first kappa shape index (κ1) is 14.0. The number of furan rings is 1. The fraction of sp³-hybridized carbons (Fsp3) is 0.211. The van der Waals surface area contributed by atoms with Crippen LogP contribution in [0.3, 0.4) is 0 Å². The van der Waals surface area contributed by atoms with Crippen molar-refractivity contribution >= 4 is 22.6 Å². The molecule has 4 rings (SSSR count). The molecule has 1 aliphatic rings. The van der Waals surface area contributed by atoms with E-state index < -0.39 is 0 Å². The van der Waals surface area contributed by atoms with Gasteiger partial charge in [0.25, 0.3) is 0 Å². The molecule has 0 spiro atoms. The standard InChI is InChI=1S/C19H17NO3/c21-12-13-9-19(22)20(11-13)17-5-3-14(4-6-17)16-2-1-15-7-8-23-18(15)10-16/h1-8,10,13,21H,9,11-12H2. The zero-order chi connectivity index (χ0) is 15.8. The lowest BCUT2D eigenvalue weighted by molar-refractivity contribution is -0.117. The Morgan fingerprint density at radius 1 is 1.09 bits per heavy atom. The summed E-state index contributed by atoms with van der Waals surface area (Å²) in [5.41, 5.74) is 3.92. The summed E-state index contributed by atoms with van der Waals surface area (Å²) in [6, 6.07) is 16.0. The molecule has 1 saturated heterocycles. The smallest absolute Gasteiger partial charge is 0.227 e. The Hall–Kier alpha value is -2.59. The van der Waals surface area contributed by atoms with Crippen LogP contribution in [0.15, 0.2) is 59.2 Å². The summed E-state index contributed by atoms with van der Waals surface area (Å²) in [5, 5.41) is 10.3. The number of rotatable bonds is 3. The highest BCUT2D eigenvalue weighted by molar-refractivity contribution is 5.96. The summed E-state index contributed by atoms with van der Waals surface area (Å²) in [6.07, 6.45) is 2.11. The van der Waals surface area contributed by atoms with Crippen molar-refractivity contribution in [3.05, 3.63) is 54.8 Å². The van der Waals surface area contributed by atoms with E-state index in [2.05, 4.69) is 6.07 Å². The number of fused-ring (bicyclic) bond motifs is 1. The summed E-state index contributed by atoms with van der Waals surface area (Å²) in [4.78, 5) is 13.8. The molecule has 0 aliphatic carbocycles. The number of carbonyl (C=O) groups is 1. The quantitative estimate of drug-likeness (QED) is 0.806. The van der Waals surface area contributed by atoms with Gasteiger partial charge in [0.2, 0.25) is 5.91 Å². The minimum atomic E-state index is 0.0449. The minimum absolute atomic E-state index is 0.0449. The Morgan fingerprint density at radius 2 is 1.87 bits per heavy atom.